The lowest BCUT2D eigenvalue weighted by Crippen LogP contribution is -2.16. The Morgan fingerprint density at radius 3 is 2.75 bits per heavy atom. The number of nitrogens with one attached hydrogen (secondary N) is 1. The number of anilines is 1. The molecule has 0 aliphatic heterocycles. The van der Waals surface area contributed by atoms with Gasteiger partial charge in [-0.25, -0.2) is 9.78 Å². The van der Waals surface area contributed by atoms with Gasteiger partial charge in [0.1, 0.15) is 5.82 Å². The van der Waals surface area contributed by atoms with Crippen LogP contribution in [0.3, 0.4) is 0 Å². The van der Waals surface area contributed by atoms with Crippen molar-refractivity contribution in [2.45, 2.75) is 31.7 Å². The maximum Gasteiger partial charge on any atom is 0.337 e. The number of pyridine rings is 1. The molecule has 1 fully saturated rings. The molecule has 4 nitrogen and oxygen atoms in total. The highest BCUT2D eigenvalue weighted by Crippen LogP contribution is 2.26. The minimum atomic E-state index is -0.958. The van der Waals surface area contributed by atoms with E-state index in [1.165, 1.54) is 19.0 Å². The van der Waals surface area contributed by atoms with Gasteiger partial charge in [-0.3, -0.25) is 0 Å². The third-order valence-electron chi connectivity index (χ3n) is 2.78. The first-order valence-electron chi connectivity index (χ1n) is 5.32. The van der Waals surface area contributed by atoms with Crippen molar-refractivity contribution in [3.8, 4) is 0 Å². The minimum absolute atomic E-state index is 0.198. The Balaban J connectivity index is 2.12. The molecule has 1 aliphatic rings. The van der Waals surface area contributed by atoms with Crippen LogP contribution >= 0.6 is 15.9 Å². The molecule has 1 aliphatic carbocycles. The molecule has 1 heterocycles. The Bertz CT molecular complexity index is 403. The molecule has 1 aromatic rings. The standard InChI is InChI=1S/C11H13BrN2O2/c12-9-5-7(11(15)16)6-13-10(9)14-8-3-1-2-4-8/h5-6,8H,1-4H2,(H,13,14)(H,15,16). The summed E-state index contributed by atoms with van der Waals surface area (Å²) in [7, 11) is 0. The fourth-order valence-corrected chi connectivity index (χ4v) is 2.39. The van der Waals surface area contributed by atoms with Gasteiger partial charge in [0.2, 0.25) is 0 Å². The summed E-state index contributed by atoms with van der Waals surface area (Å²) in [5, 5.41) is 12.1. The second kappa shape index (κ2) is 4.82. The van der Waals surface area contributed by atoms with Crippen LogP contribution in [0.4, 0.5) is 5.82 Å². The molecule has 0 bridgehead atoms. The van der Waals surface area contributed by atoms with E-state index in [4.69, 9.17) is 5.11 Å². The van der Waals surface area contributed by atoms with Crippen LogP contribution in [0.1, 0.15) is 36.0 Å². The lowest BCUT2D eigenvalue weighted by Gasteiger charge is -2.13. The normalized spacial score (nSPS) is 16.3. The molecule has 1 aromatic heterocycles. The van der Waals surface area contributed by atoms with E-state index in [0.29, 0.717) is 10.5 Å². The summed E-state index contributed by atoms with van der Waals surface area (Å²) in [6.45, 7) is 0. The van der Waals surface area contributed by atoms with Gasteiger partial charge < -0.3 is 10.4 Å². The summed E-state index contributed by atoms with van der Waals surface area (Å²) in [6.07, 6.45) is 6.21. The maximum atomic E-state index is 10.7. The first-order chi connectivity index (χ1) is 7.66. The lowest BCUT2D eigenvalue weighted by atomic mass is 10.2. The van der Waals surface area contributed by atoms with Crippen molar-refractivity contribution in [1.82, 2.24) is 4.98 Å². The highest BCUT2D eigenvalue weighted by molar-refractivity contribution is 9.10. The van der Waals surface area contributed by atoms with Crippen LogP contribution in [-0.4, -0.2) is 22.1 Å². The van der Waals surface area contributed by atoms with E-state index in [1.54, 1.807) is 6.07 Å². The monoisotopic (exact) mass is 284 g/mol. The number of aromatic nitrogens is 1. The minimum Gasteiger partial charge on any atom is -0.478 e. The molecule has 16 heavy (non-hydrogen) atoms. The number of aromatic carboxylic acids is 1. The van der Waals surface area contributed by atoms with Gasteiger partial charge in [-0.15, -0.1) is 0 Å². The third kappa shape index (κ3) is 2.52. The SMILES string of the molecule is O=C(O)c1cnc(NC2CCCC2)c(Br)c1. The van der Waals surface area contributed by atoms with Gasteiger partial charge in [-0.05, 0) is 34.8 Å². The van der Waals surface area contributed by atoms with E-state index in [0.717, 1.165) is 18.7 Å². The van der Waals surface area contributed by atoms with Crippen molar-refractivity contribution in [2.75, 3.05) is 5.32 Å². The average Bonchev–Trinajstić information content (AvgIpc) is 2.73. The van der Waals surface area contributed by atoms with Crippen LogP contribution < -0.4 is 5.32 Å². The number of halogens is 1. The van der Waals surface area contributed by atoms with Crippen LogP contribution in [-0.2, 0) is 0 Å². The molecule has 0 aromatic carbocycles. The Kier molecular flexibility index (Phi) is 3.43. The number of rotatable bonds is 3. The molecule has 0 radical (unpaired) electrons. The molecule has 86 valence electrons. The van der Waals surface area contributed by atoms with Crippen molar-refractivity contribution in [2.24, 2.45) is 0 Å². The first-order valence-corrected chi connectivity index (χ1v) is 6.11. The van der Waals surface area contributed by atoms with Gasteiger partial charge in [-0.2, -0.15) is 0 Å². The van der Waals surface area contributed by atoms with Crippen molar-refractivity contribution >= 4 is 27.7 Å². The van der Waals surface area contributed by atoms with Crippen molar-refractivity contribution in [3.05, 3.63) is 22.3 Å². The van der Waals surface area contributed by atoms with Crippen molar-refractivity contribution in [1.29, 1.82) is 0 Å². The predicted octanol–water partition coefficient (Wildman–Crippen LogP) is 2.90. The van der Waals surface area contributed by atoms with E-state index in [1.807, 2.05) is 0 Å². The summed E-state index contributed by atoms with van der Waals surface area (Å²) in [6, 6.07) is 2.05. The van der Waals surface area contributed by atoms with E-state index >= 15 is 0 Å². The molecule has 5 heteroatoms. The van der Waals surface area contributed by atoms with Crippen LogP contribution in [0.25, 0.3) is 0 Å². The molecule has 2 rings (SSSR count). The Labute approximate surface area is 102 Å². The van der Waals surface area contributed by atoms with E-state index in [2.05, 4.69) is 26.2 Å². The Morgan fingerprint density at radius 1 is 1.50 bits per heavy atom. The van der Waals surface area contributed by atoms with Crippen LogP contribution in [0.2, 0.25) is 0 Å². The predicted molar refractivity (Wildman–Crippen MR) is 64.8 cm³/mol. The zero-order valence-corrected chi connectivity index (χ0v) is 10.3. The van der Waals surface area contributed by atoms with Gasteiger partial charge in [0.05, 0.1) is 10.0 Å². The summed E-state index contributed by atoms with van der Waals surface area (Å²) >= 11 is 3.33. The molecular formula is C11H13BrN2O2. The van der Waals surface area contributed by atoms with E-state index < -0.39 is 5.97 Å². The molecule has 0 unspecified atom stereocenters. The number of hydrogen-bond acceptors (Lipinski definition) is 3. The van der Waals surface area contributed by atoms with E-state index in [-0.39, 0.29) is 5.56 Å². The van der Waals surface area contributed by atoms with E-state index in [9.17, 15) is 4.79 Å². The Hall–Kier alpha value is -1.10. The number of carbonyl (C=O) groups is 1. The second-order valence-corrected chi connectivity index (χ2v) is 4.84. The molecular weight excluding hydrogens is 272 g/mol. The molecule has 2 N–H and O–H groups in total. The number of carboxylic acid groups (broad SMARTS) is 1. The van der Waals surface area contributed by atoms with Crippen LogP contribution in [0, 0.1) is 0 Å². The Morgan fingerprint density at radius 2 is 2.19 bits per heavy atom. The fourth-order valence-electron chi connectivity index (χ4n) is 1.92. The fraction of sp³-hybridized carbons (Fsp3) is 0.455. The van der Waals surface area contributed by atoms with Crippen molar-refractivity contribution in [3.63, 3.8) is 0 Å². The van der Waals surface area contributed by atoms with Gasteiger partial charge in [0.25, 0.3) is 0 Å². The highest BCUT2D eigenvalue weighted by atomic mass is 79.9. The zero-order chi connectivity index (χ0) is 11.5. The van der Waals surface area contributed by atoms with Crippen molar-refractivity contribution < 1.29 is 9.90 Å². The maximum absolute atomic E-state index is 10.7. The molecule has 1 saturated carbocycles. The number of carboxylic acids is 1. The van der Waals surface area contributed by atoms with Gasteiger partial charge >= 0.3 is 5.97 Å². The third-order valence-corrected chi connectivity index (χ3v) is 3.39. The summed E-state index contributed by atoms with van der Waals surface area (Å²) in [5.74, 6) is -0.225. The summed E-state index contributed by atoms with van der Waals surface area (Å²) in [5.41, 5.74) is 0.198. The molecule has 0 saturated heterocycles. The molecule has 0 amide bonds. The lowest BCUT2D eigenvalue weighted by molar-refractivity contribution is 0.0696. The zero-order valence-electron chi connectivity index (χ0n) is 8.74. The quantitative estimate of drug-likeness (QED) is 0.896. The second-order valence-electron chi connectivity index (χ2n) is 3.99. The first kappa shape index (κ1) is 11.4. The largest absolute Gasteiger partial charge is 0.478 e. The summed E-state index contributed by atoms with van der Waals surface area (Å²) < 4.78 is 0.708. The topological polar surface area (TPSA) is 62.2 Å². The van der Waals surface area contributed by atoms with Gasteiger partial charge in [0.15, 0.2) is 0 Å². The summed E-state index contributed by atoms with van der Waals surface area (Å²) in [4.78, 5) is 14.9. The molecule has 0 spiro atoms. The smallest absolute Gasteiger partial charge is 0.337 e. The van der Waals surface area contributed by atoms with Gasteiger partial charge in [-0.1, -0.05) is 12.8 Å². The van der Waals surface area contributed by atoms with Crippen LogP contribution in [0.15, 0.2) is 16.7 Å². The molecule has 0 atom stereocenters. The average molecular weight is 285 g/mol. The number of hydrogen-bond donors (Lipinski definition) is 2. The highest BCUT2D eigenvalue weighted by Gasteiger charge is 2.16. The van der Waals surface area contributed by atoms with Crippen LogP contribution in [0.5, 0.6) is 0 Å². The number of nitrogens with zero attached hydrogens (tertiary/aromatic N) is 1. The van der Waals surface area contributed by atoms with Gasteiger partial charge in [0, 0.05) is 12.2 Å².